The van der Waals surface area contributed by atoms with Crippen LogP contribution in [-0.2, 0) is 4.79 Å². The van der Waals surface area contributed by atoms with Gasteiger partial charge in [-0.1, -0.05) is 28.1 Å². The summed E-state index contributed by atoms with van der Waals surface area (Å²) in [7, 11) is 1.64. The van der Waals surface area contributed by atoms with Gasteiger partial charge in [0, 0.05) is 10.2 Å². The van der Waals surface area contributed by atoms with E-state index in [1.807, 2.05) is 41.3 Å². The molecule has 2 aromatic carbocycles. The highest BCUT2D eigenvalue weighted by Gasteiger charge is 2.33. The van der Waals surface area contributed by atoms with Gasteiger partial charge in [-0.3, -0.25) is 9.69 Å². The van der Waals surface area contributed by atoms with E-state index < -0.39 is 0 Å². The monoisotopic (exact) mass is 363 g/mol. The average molecular weight is 364 g/mol. The Bertz CT molecular complexity index is 642. The number of hydrogen-bond donors (Lipinski definition) is 0. The second-order valence-electron chi connectivity index (χ2n) is 4.68. The smallest absolute Gasteiger partial charge is 0.238 e. The summed E-state index contributed by atoms with van der Waals surface area (Å²) >= 11 is 5.09. The van der Waals surface area contributed by atoms with E-state index in [0.717, 1.165) is 21.5 Å². The van der Waals surface area contributed by atoms with E-state index in [0.29, 0.717) is 5.75 Å². The van der Waals surface area contributed by atoms with Crippen LogP contribution >= 0.6 is 27.7 Å². The van der Waals surface area contributed by atoms with E-state index in [1.54, 1.807) is 18.9 Å². The third kappa shape index (κ3) is 2.94. The fourth-order valence-corrected chi connectivity index (χ4v) is 3.76. The molecule has 0 aromatic heterocycles. The molecule has 3 rings (SSSR count). The van der Waals surface area contributed by atoms with Crippen molar-refractivity contribution < 1.29 is 9.53 Å². The quantitative estimate of drug-likeness (QED) is 0.816. The fraction of sp³-hybridized carbons (Fsp3) is 0.188. The van der Waals surface area contributed by atoms with E-state index >= 15 is 0 Å². The van der Waals surface area contributed by atoms with Crippen LogP contribution in [0.3, 0.4) is 0 Å². The van der Waals surface area contributed by atoms with Crippen molar-refractivity contribution in [1.29, 1.82) is 0 Å². The number of amides is 1. The lowest BCUT2D eigenvalue weighted by Gasteiger charge is -2.24. The Morgan fingerprint density at radius 2 is 1.81 bits per heavy atom. The van der Waals surface area contributed by atoms with Crippen molar-refractivity contribution in [2.45, 2.75) is 5.37 Å². The normalized spacial score (nSPS) is 18.1. The van der Waals surface area contributed by atoms with Gasteiger partial charge < -0.3 is 4.74 Å². The lowest BCUT2D eigenvalue weighted by Crippen LogP contribution is -2.27. The van der Waals surface area contributed by atoms with Crippen LogP contribution in [0.15, 0.2) is 53.0 Å². The van der Waals surface area contributed by atoms with Gasteiger partial charge in [-0.25, -0.2) is 0 Å². The first-order valence-corrected chi connectivity index (χ1v) is 8.36. The molecule has 0 radical (unpaired) electrons. The van der Waals surface area contributed by atoms with Crippen LogP contribution in [0.1, 0.15) is 10.9 Å². The number of nitrogens with zero attached hydrogens (tertiary/aromatic N) is 1. The molecule has 2 aromatic rings. The minimum atomic E-state index is 0.0268. The molecule has 0 aliphatic carbocycles. The number of halogens is 1. The van der Waals surface area contributed by atoms with Crippen molar-refractivity contribution in [2.24, 2.45) is 0 Å². The van der Waals surface area contributed by atoms with Gasteiger partial charge in [0.25, 0.3) is 0 Å². The van der Waals surface area contributed by atoms with E-state index in [1.165, 1.54) is 0 Å². The molecule has 1 heterocycles. The van der Waals surface area contributed by atoms with Crippen molar-refractivity contribution in [2.75, 3.05) is 17.8 Å². The Morgan fingerprint density at radius 3 is 2.43 bits per heavy atom. The lowest BCUT2D eigenvalue weighted by atomic mass is 10.2. The van der Waals surface area contributed by atoms with E-state index in [2.05, 4.69) is 28.1 Å². The topological polar surface area (TPSA) is 29.5 Å². The van der Waals surface area contributed by atoms with Gasteiger partial charge in [0.2, 0.25) is 5.91 Å². The van der Waals surface area contributed by atoms with Crippen LogP contribution in [0.5, 0.6) is 5.75 Å². The zero-order valence-corrected chi connectivity index (χ0v) is 13.9. The highest BCUT2D eigenvalue weighted by atomic mass is 79.9. The molecule has 5 heteroatoms. The Hall–Kier alpha value is -1.46. The molecule has 21 heavy (non-hydrogen) atoms. The second-order valence-corrected chi connectivity index (χ2v) is 6.66. The van der Waals surface area contributed by atoms with Crippen molar-refractivity contribution in [3.8, 4) is 5.75 Å². The van der Waals surface area contributed by atoms with Gasteiger partial charge in [0.15, 0.2) is 0 Å². The number of thioether (sulfide) groups is 1. The van der Waals surface area contributed by atoms with E-state index in [9.17, 15) is 4.79 Å². The Balaban J connectivity index is 1.93. The van der Waals surface area contributed by atoms with Gasteiger partial charge in [-0.15, -0.1) is 11.8 Å². The Labute approximate surface area is 136 Å². The third-order valence-electron chi connectivity index (χ3n) is 3.37. The first kappa shape index (κ1) is 14.5. The van der Waals surface area contributed by atoms with Crippen LogP contribution in [0, 0.1) is 0 Å². The maximum absolute atomic E-state index is 12.2. The van der Waals surface area contributed by atoms with Gasteiger partial charge in [-0.05, 0) is 42.0 Å². The van der Waals surface area contributed by atoms with Crippen molar-refractivity contribution in [3.63, 3.8) is 0 Å². The van der Waals surface area contributed by atoms with Crippen molar-refractivity contribution >= 4 is 39.3 Å². The number of benzene rings is 2. The Morgan fingerprint density at radius 1 is 1.14 bits per heavy atom. The van der Waals surface area contributed by atoms with Crippen LogP contribution < -0.4 is 9.64 Å². The molecule has 0 N–H and O–H groups in total. The number of ether oxygens (including phenoxy) is 1. The highest BCUT2D eigenvalue weighted by molar-refractivity contribution is 9.10. The lowest BCUT2D eigenvalue weighted by molar-refractivity contribution is -0.115. The molecular weight excluding hydrogens is 350 g/mol. The molecule has 1 aliphatic heterocycles. The van der Waals surface area contributed by atoms with Gasteiger partial charge in [0.1, 0.15) is 11.1 Å². The van der Waals surface area contributed by atoms with Crippen LogP contribution in [0.4, 0.5) is 5.69 Å². The van der Waals surface area contributed by atoms with Crippen molar-refractivity contribution in [3.05, 3.63) is 58.6 Å². The molecule has 1 unspecified atom stereocenters. The molecule has 0 spiro atoms. The molecule has 1 aliphatic rings. The molecule has 0 saturated carbocycles. The van der Waals surface area contributed by atoms with Gasteiger partial charge >= 0.3 is 0 Å². The molecule has 3 nitrogen and oxygen atoms in total. The molecule has 1 saturated heterocycles. The zero-order valence-electron chi connectivity index (χ0n) is 11.5. The summed E-state index contributed by atoms with van der Waals surface area (Å²) < 4.78 is 6.21. The first-order valence-electron chi connectivity index (χ1n) is 6.52. The number of methoxy groups -OCH3 is 1. The van der Waals surface area contributed by atoms with Crippen LogP contribution in [-0.4, -0.2) is 18.8 Å². The summed E-state index contributed by atoms with van der Waals surface area (Å²) in [6.45, 7) is 0. The second kappa shape index (κ2) is 6.12. The summed E-state index contributed by atoms with van der Waals surface area (Å²) in [6, 6.07) is 15.7. The number of carbonyl (C=O) groups is 1. The molecule has 1 amide bonds. The summed E-state index contributed by atoms with van der Waals surface area (Å²) in [5.74, 6) is 1.43. The standard InChI is InChI=1S/C16H14BrNO2S/c1-20-14-8-6-13(7-9-14)18-15(19)10-21-16(18)11-2-4-12(17)5-3-11/h2-9,16H,10H2,1H3. The van der Waals surface area contributed by atoms with Crippen LogP contribution in [0.2, 0.25) is 0 Å². The maximum Gasteiger partial charge on any atom is 0.238 e. The predicted octanol–water partition coefficient (Wildman–Crippen LogP) is 4.24. The maximum atomic E-state index is 12.2. The number of rotatable bonds is 3. The highest BCUT2D eigenvalue weighted by Crippen LogP contribution is 2.42. The molecule has 0 bridgehead atoms. The van der Waals surface area contributed by atoms with Gasteiger partial charge in [0.05, 0.1) is 12.9 Å². The third-order valence-corrected chi connectivity index (χ3v) is 5.11. The zero-order chi connectivity index (χ0) is 14.8. The van der Waals surface area contributed by atoms with Crippen molar-refractivity contribution in [1.82, 2.24) is 0 Å². The van der Waals surface area contributed by atoms with E-state index in [-0.39, 0.29) is 11.3 Å². The molecular formula is C16H14BrNO2S. The Kier molecular flexibility index (Phi) is 4.22. The largest absolute Gasteiger partial charge is 0.497 e. The first-order chi connectivity index (χ1) is 10.2. The van der Waals surface area contributed by atoms with Crippen LogP contribution in [0.25, 0.3) is 0 Å². The number of anilines is 1. The summed E-state index contributed by atoms with van der Waals surface area (Å²) in [5.41, 5.74) is 2.03. The predicted molar refractivity (Wildman–Crippen MR) is 89.8 cm³/mol. The molecule has 108 valence electrons. The summed E-state index contributed by atoms with van der Waals surface area (Å²) in [6.07, 6.45) is 0. The fourth-order valence-electron chi connectivity index (χ4n) is 2.32. The number of hydrogen-bond acceptors (Lipinski definition) is 3. The summed E-state index contributed by atoms with van der Waals surface area (Å²) in [5, 5.41) is 0.0268. The number of carbonyl (C=O) groups excluding carboxylic acids is 1. The SMILES string of the molecule is COc1ccc(N2C(=O)CSC2c2ccc(Br)cc2)cc1. The van der Waals surface area contributed by atoms with Gasteiger partial charge in [-0.2, -0.15) is 0 Å². The minimum absolute atomic E-state index is 0.0268. The molecule has 1 atom stereocenters. The minimum Gasteiger partial charge on any atom is -0.497 e. The average Bonchev–Trinajstić information content (AvgIpc) is 2.90. The molecule has 1 fully saturated rings. The summed E-state index contributed by atoms with van der Waals surface area (Å²) in [4.78, 5) is 14.1. The van der Waals surface area contributed by atoms with E-state index in [4.69, 9.17) is 4.74 Å².